The molecule has 5 rings (SSSR count). The van der Waals surface area contributed by atoms with Crippen molar-refractivity contribution in [2.75, 3.05) is 31.1 Å². The average Bonchev–Trinajstić information content (AvgIpc) is 3.17. The summed E-state index contributed by atoms with van der Waals surface area (Å²) >= 11 is 5.99. The van der Waals surface area contributed by atoms with Gasteiger partial charge in [0.1, 0.15) is 18.9 Å². The first kappa shape index (κ1) is 19.0. The van der Waals surface area contributed by atoms with Gasteiger partial charge in [0.25, 0.3) is 0 Å². The lowest BCUT2D eigenvalue weighted by Crippen LogP contribution is -2.49. The Morgan fingerprint density at radius 2 is 1.87 bits per heavy atom. The van der Waals surface area contributed by atoms with Crippen molar-refractivity contribution in [1.29, 1.82) is 0 Å². The molecule has 0 aliphatic carbocycles. The van der Waals surface area contributed by atoms with E-state index in [0.29, 0.717) is 19.7 Å². The van der Waals surface area contributed by atoms with Crippen LogP contribution in [0.4, 0.5) is 5.69 Å². The minimum atomic E-state index is 0.0948. The minimum Gasteiger partial charge on any atom is -0.488 e. The van der Waals surface area contributed by atoms with Gasteiger partial charge in [0.15, 0.2) is 0 Å². The van der Waals surface area contributed by atoms with Crippen LogP contribution in [-0.4, -0.2) is 46.8 Å². The Morgan fingerprint density at radius 3 is 2.63 bits per heavy atom. The normalized spacial score (nSPS) is 15.4. The second-order valence-corrected chi connectivity index (χ2v) is 8.25. The summed E-state index contributed by atoms with van der Waals surface area (Å²) < 4.78 is 7.66. The summed E-state index contributed by atoms with van der Waals surface area (Å²) in [5, 5.41) is 5.23. The number of rotatable bonds is 3. The van der Waals surface area contributed by atoms with Crippen LogP contribution in [-0.2, 0) is 17.9 Å². The Bertz CT molecular complexity index is 1090. The summed E-state index contributed by atoms with van der Waals surface area (Å²) in [6.45, 7) is 5.79. The van der Waals surface area contributed by atoms with E-state index >= 15 is 0 Å². The van der Waals surface area contributed by atoms with E-state index in [1.165, 1.54) is 0 Å². The fourth-order valence-corrected chi connectivity index (χ4v) is 4.29. The molecular formula is C23H23ClN4O2. The van der Waals surface area contributed by atoms with Gasteiger partial charge in [0.05, 0.1) is 11.9 Å². The second-order valence-electron chi connectivity index (χ2n) is 7.81. The Balaban J connectivity index is 1.29. The monoisotopic (exact) mass is 422 g/mol. The molecule has 3 aromatic rings. The third-order valence-electron chi connectivity index (χ3n) is 5.80. The first-order valence-electron chi connectivity index (χ1n) is 10.2. The number of benzene rings is 2. The van der Waals surface area contributed by atoms with Gasteiger partial charge in [0, 0.05) is 48.0 Å². The van der Waals surface area contributed by atoms with Crippen LogP contribution in [0.25, 0.3) is 11.3 Å². The zero-order chi connectivity index (χ0) is 20.7. The van der Waals surface area contributed by atoms with Crippen LogP contribution < -0.4 is 9.64 Å². The summed E-state index contributed by atoms with van der Waals surface area (Å²) in [6, 6.07) is 14.0. The maximum atomic E-state index is 13.0. The number of fused-ring (bicyclic) bond motifs is 3. The molecule has 0 spiro atoms. The Labute approximate surface area is 180 Å². The predicted octanol–water partition coefficient (Wildman–Crippen LogP) is 3.75. The molecule has 0 N–H and O–H groups in total. The quantitative estimate of drug-likeness (QED) is 0.645. The van der Waals surface area contributed by atoms with Crippen LogP contribution in [0.2, 0.25) is 5.02 Å². The van der Waals surface area contributed by atoms with Crippen LogP contribution in [0.5, 0.6) is 5.75 Å². The smallest absolute Gasteiger partial charge is 0.244 e. The van der Waals surface area contributed by atoms with Crippen molar-refractivity contribution in [3.63, 3.8) is 0 Å². The number of nitrogens with zero attached hydrogens (tertiary/aromatic N) is 4. The molecule has 0 saturated carbocycles. The molecule has 1 fully saturated rings. The molecule has 0 radical (unpaired) electrons. The highest BCUT2D eigenvalue weighted by molar-refractivity contribution is 6.30. The second kappa shape index (κ2) is 7.69. The zero-order valence-corrected chi connectivity index (χ0v) is 17.6. The van der Waals surface area contributed by atoms with Gasteiger partial charge in [-0.1, -0.05) is 23.2 Å². The van der Waals surface area contributed by atoms with Gasteiger partial charge in [-0.25, -0.2) is 0 Å². The molecule has 0 atom stereocenters. The average molecular weight is 423 g/mol. The molecule has 1 saturated heterocycles. The van der Waals surface area contributed by atoms with Crippen LogP contribution >= 0.6 is 11.6 Å². The number of hydrogen-bond donors (Lipinski definition) is 0. The molecule has 7 heteroatoms. The van der Waals surface area contributed by atoms with E-state index in [2.05, 4.69) is 23.0 Å². The summed E-state index contributed by atoms with van der Waals surface area (Å²) in [5.74, 6) is 0.941. The highest BCUT2D eigenvalue weighted by atomic mass is 35.5. The number of hydrogen-bond acceptors (Lipinski definition) is 4. The van der Waals surface area contributed by atoms with E-state index in [1.54, 1.807) is 0 Å². The van der Waals surface area contributed by atoms with Crippen molar-refractivity contribution < 1.29 is 9.53 Å². The SMILES string of the molecule is Cc1ccc2c(c1)-c1c(cnn1CC(=O)N1CCN(c3ccc(Cl)cc3)CC1)CO2. The van der Waals surface area contributed by atoms with Crippen LogP contribution in [0.3, 0.4) is 0 Å². The molecule has 0 unspecified atom stereocenters. The van der Waals surface area contributed by atoms with Crippen molar-refractivity contribution in [3.8, 4) is 17.0 Å². The van der Waals surface area contributed by atoms with Crippen molar-refractivity contribution in [2.24, 2.45) is 0 Å². The van der Waals surface area contributed by atoms with Crippen LogP contribution in [0.1, 0.15) is 11.1 Å². The number of aromatic nitrogens is 2. The van der Waals surface area contributed by atoms with Gasteiger partial charge in [0.2, 0.25) is 5.91 Å². The van der Waals surface area contributed by atoms with Crippen molar-refractivity contribution >= 4 is 23.2 Å². The van der Waals surface area contributed by atoms with Gasteiger partial charge < -0.3 is 14.5 Å². The molecule has 1 aromatic heterocycles. The van der Waals surface area contributed by atoms with Crippen LogP contribution in [0.15, 0.2) is 48.7 Å². The number of piperazine rings is 1. The predicted molar refractivity (Wildman–Crippen MR) is 117 cm³/mol. The molecular weight excluding hydrogens is 400 g/mol. The van der Waals surface area contributed by atoms with Crippen molar-refractivity contribution in [3.05, 3.63) is 64.8 Å². The number of carbonyl (C=O) groups excluding carboxylic acids is 1. The molecule has 30 heavy (non-hydrogen) atoms. The van der Waals surface area contributed by atoms with Crippen molar-refractivity contribution in [1.82, 2.24) is 14.7 Å². The van der Waals surface area contributed by atoms with E-state index in [-0.39, 0.29) is 12.5 Å². The van der Waals surface area contributed by atoms with E-state index < -0.39 is 0 Å². The third kappa shape index (κ3) is 3.52. The maximum Gasteiger partial charge on any atom is 0.244 e. The van der Waals surface area contributed by atoms with Crippen molar-refractivity contribution in [2.45, 2.75) is 20.1 Å². The maximum absolute atomic E-state index is 13.0. The molecule has 2 aliphatic rings. The number of amides is 1. The fraction of sp³-hybridized carbons (Fsp3) is 0.304. The molecule has 154 valence electrons. The Hall–Kier alpha value is -2.99. The first-order valence-corrected chi connectivity index (χ1v) is 10.5. The Morgan fingerprint density at radius 1 is 1.10 bits per heavy atom. The van der Waals surface area contributed by atoms with Gasteiger partial charge in [-0.05, 0) is 43.3 Å². The molecule has 6 nitrogen and oxygen atoms in total. The lowest BCUT2D eigenvalue weighted by atomic mass is 10.0. The molecule has 2 aliphatic heterocycles. The molecule has 1 amide bonds. The zero-order valence-electron chi connectivity index (χ0n) is 16.8. The lowest BCUT2D eigenvalue weighted by Gasteiger charge is -2.36. The molecule has 3 heterocycles. The summed E-state index contributed by atoms with van der Waals surface area (Å²) in [5.41, 5.74) is 5.32. The number of aryl methyl sites for hydroxylation is 1. The summed E-state index contributed by atoms with van der Waals surface area (Å²) in [4.78, 5) is 17.2. The van der Waals surface area contributed by atoms with Gasteiger partial charge in [-0.15, -0.1) is 0 Å². The van der Waals surface area contributed by atoms with E-state index in [9.17, 15) is 4.79 Å². The number of halogens is 1. The number of carbonyl (C=O) groups is 1. The number of ether oxygens (including phenoxy) is 1. The minimum absolute atomic E-state index is 0.0948. The van der Waals surface area contributed by atoms with E-state index in [0.717, 1.165) is 51.9 Å². The molecule has 0 bridgehead atoms. The van der Waals surface area contributed by atoms with Crippen LogP contribution in [0, 0.1) is 6.92 Å². The fourth-order valence-electron chi connectivity index (χ4n) is 4.17. The standard InChI is InChI=1S/C23H23ClN4O2/c1-16-2-7-21-20(12-16)23-17(15-30-21)13-25-28(23)14-22(29)27-10-8-26(9-11-27)19-5-3-18(24)4-6-19/h2-7,12-13H,8-11,14-15H2,1H3. The van der Waals surface area contributed by atoms with Gasteiger partial charge >= 0.3 is 0 Å². The van der Waals surface area contributed by atoms with E-state index in [1.807, 2.05) is 52.2 Å². The summed E-state index contributed by atoms with van der Waals surface area (Å²) in [7, 11) is 0. The molecule has 2 aromatic carbocycles. The van der Waals surface area contributed by atoms with Gasteiger partial charge in [-0.3, -0.25) is 9.48 Å². The largest absolute Gasteiger partial charge is 0.488 e. The highest BCUT2D eigenvalue weighted by Crippen LogP contribution is 2.38. The van der Waals surface area contributed by atoms with E-state index in [4.69, 9.17) is 16.3 Å². The highest BCUT2D eigenvalue weighted by Gasteiger charge is 2.26. The lowest BCUT2D eigenvalue weighted by molar-refractivity contribution is -0.132. The Kier molecular flexibility index (Phi) is 4.87. The van der Waals surface area contributed by atoms with Gasteiger partial charge in [-0.2, -0.15) is 5.10 Å². The third-order valence-corrected chi connectivity index (χ3v) is 6.05. The summed E-state index contributed by atoms with van der Waals surface area (Å²) in [6.07, 6.45) is 1.81. The number of anilines is 1. The topological polar surface area (TPSA) is 50.6 Å². The first-order chi connectivity index (χ1) is 14.6.